The first-order valence-electron chi connectivity index (χ1n) is 10.4. The topological polar surface area (TPSA) is 85.1 Å². The lowest BCUT2D eigenvalue weighted by molar-refractivity contribution is -0.114. The fourth-order valence-corrected chi connectivity index (χ4v) is 6.67. The maximum absolute atomic E-state index is 12.5. The molecule has 4 aliphatic carbocycles. The molecule has 0 aliphatic heterocycles. The third-order valence-electron chi connectivity index (χ3n) is 6.75. The highest BCUT2D eigenvalue weighted by Crippen LogP contribution is 2.60. The molecule has 4 aliphatic rings. The van der Waals surface area contributed by atoms with E-state index < -0.39 is 0 Å². The molecule has 1 amide bonds. The van der Waals surface area contributed by atoms with Crippen molar-refractivity contribution in [1.82, 2.24) is 10.2 Å². The number of anilines is 1. The van der Waals surface area contributed by atoms with Crippen LogP contribution in [0.25, 0.3) is 0 Å². The smallest absolute Gasteiger partial charge is 0.277 e. The number of nitrogens with zero attached hydrogens (tertiary/aromatic N) is 2. The predicted octanol–water partition coefficient (Wildman–Crippen LogP) is 4.47. The van der Waals surface area contributed by atoms with Crippen LogP contribution in [0.5, 0.6) is 0 Å². The maximum atomic E-state index is 12.5. The largest absolute Gasteiger partial charge is 0.415 e. The van der Waals surface area contributed by atoms with E-state index >= 15 is 0 Å². The molecule has 4 saturated carbocycles. The molecule has 1 N–H and O–H groups in total. The average Bonchev–Trinajstić information content (AvgIpc) is 3.15. The zero-order valence-corrected chi connectivity index (χ0v) is 17.3. The van der Waals surface area contributed by atoms with Crippen LogP contribution < -0.4 is 5.32 Å². The number of thioether (sulfide) groups is 1. The Balaban J connectivity index is 1.22. The van der Waals surface area contributed by atoms with Crippen molar-refractivity contribution in [3.8, 4) is 0 Å². The van der Waals surface area contributed by atoms with Crippen LogP contribution in [0, 0.1) is 17.8 Å². The van der Waals surface area contributed by atoms with Gasteiger partial charge in [0.05, 0.1) is 5.75 Å². The summed E-state index contributed by atoms with van der Waals surface area (Å²) < 4.78 is 6.06. The summed E-state index contributed by atoms with van der Waals surface area (Å²) in [4.78, 5) is 23.6. The van der Waals surface area contributed by atoms with Crippen LogP contribution in [-0.4, -0.2) is 27.6 Å². The molecule has 0 saturated heterocycles. The molecule has 0 spiro atoms. The molecule has 6 nitrogen and oxygen atoms in total. The number of benzene rings is 1. The van der Waals surface area contributed by atoms with Gasteiger partial charge in [0.25, 0.3) is 5.22 Å². The van der Waals surface area contributed by atoms with E-state index in [4.69, 9.17) is 4.42 Å². The predicted molar refractivity (Wildman–Crippen MR) is 110 cm³/mol. The van der Waals surface area contributed by atoms with Gasteiger partial charge in [-0.1, -0.05) is 11.8 Å². The Hall–Kier alpha value is -2.15. The number of hydrogen-bond acceptors (Lipinski definition) is 6. The summed E-state index contributed by atoms with van der Waals surface area (Å²) in [5.41, 5.74) is 1.37. The fourth-order valence-electron chi connectivity index (χ4n) is 6.01. The molecule has 7 heteroatoms. The molecular formula is C22H25N3O3S. The highest BCUT2D eigenvalue weighted by Gasteiger charge is 2.54. The number of carbonyl (C=O) groups excluding carboxylic acids is 2. The highest BCUT2D eigenvalue weighted by molar-refractivity contribution is 7.99. The van der Waals surface area contributed by atoms with Gasteiger partial charge in [-0.05, 0) is 80.5 Å². The van der Waals surface area contributed by atoms with Gasteiger partial charge in [0.15, 0.2) is 5.78 Å². The lowest BCUT2D eigenvalue weighted by Gasteiger charge is -2.55. The average molecular weight is 412 g/mol. The molecule has 0 atom stereocenters. The van der Waals surface area contributed by atoms with E-state index in [0.717, 1.165) is 23.6 Å². The Labute approximate surface area is 174 Å². The number of carbonyl (C=O) groups is 2. The van der Waals surface area contributed by atoms with Crippen molar-refractivity contribution in [2.24, 2.45) is 17.8 Å². The Morgan fingerprint density at radius 1 is 1.07 bits per heavy atom. The number of Topliss-reactive ketones (excluding diaryl/α,β-unsaturated/α-hetero) is 1. The van der Waals surface area contributed by atoms with Gasteiger partial charge < -0.3 is 9.73 Å². The lowest BCUT2D eigenvalue weighted by atomic mass is 9.49. The minimum atomic E-state index is -0.133. The van der Waals surface area contributed by atoms with Crippen molar-refractivity contribution in [2.75, 3.05) is 11.1 Å². The number of aromatic nitrogens is 2. The van der Waals surface area contributed by atoms with E-state index in [9.17, 15) is 9.59 Å². The van der Waals surface area contributed by atoms with E-state index in [0.29, 0.717) is 16.5 Å². The standard InChI is InChI=1S/C22H25N3O3S/c1-13(26)23-18-4-2-17(3-5-18)19(27)12-29-21-25-24-20(28-21)22-9-14-6-15(10-22)8-16(7-14)11-22/h2-5,14-16H,6-12H2,1H3,(H,23,26). The van der Waals surface area contributed by atoms with Crippen LogP contribution in [-0.2, 0) is 10.2 Å². The number of ketones is 1. The van der Waals surface area contributed by atoms with E-state index in [-0.39, 0.29) is 22.9 Å². The molecular weight excluding hydrogens is 386 g/mol. The summed E-state index contributed by atoms with van der Waals surface area (Å²) in [6, 6.07) is 6.92. The summed E-state index contributed by atoms with van der Waals surface area (Å²) in [6.45, 7) is 1.46. The minimum Gasteiger partial charge on any atom is -0.415 e. The maximum Gasteiger partial charge on any atom is 0.277 e. The van der Waals surface area contributed by atoms with Crippen molar-refractivity contribution < 1.29 is 14.0 Å². The minimum absolute atomic E-state index is 0.000991. The van der Waals surface area contributed by atoms with E-state index in [1.54, 1.807) is 24.3 Å². The van der Waals surface area contributed by atoms with Gasteiger partial charge in [0.1, 0.15) is 0 Å². The Kier molecular flexibility index (Phi) is 4.73. The zero-order chi connectivity index (χ0) is 20.0. The van der Waals surface area contributed by atoms with Crippen LogP contribution >= 0.6 is 11.8 Å². The molecule has 6 rings (SSSR count). The van der Waals surface area contributed by atoms with E-state index in [2.05, 4.69) is 15.5 Å². The van der Waals surface area contributed by atoms with Crippen molar-refractivity contribution in [3.05, 3.63) is 35.7 Å². The summed E-state index contributed by atoms with van der Waals surface area (Å²) in [5, 5.41) is 11.8. The van der Waals surface area contributed by atoms with Gasteiger partial charge in [0, 0.05) is 23.6 Å². The fraction of sp³-hybridized carbons (Fsp3) is 0.545. The van der Waals surface area contributed by atoms with Gasteiger partial charge in [-0.2, -0.15) is 0 Å². The first kappa shape index (κ1) is 18.9. The second kappa shape index (κ2) is 7.27. The molecule has 1 heterocycles. The van der Waals surface area contributed by atoms with Gasteiger partial charge in [-0.15, -0.1) is 10.2 Å². The lowest BCUT2D eigenvalue weighted by Crippen LogP contribution is -2.48. The normalized spacial score (nSPS) is 29.8. The third kappa shape index (κ3) is 3.72. The number of amides is 1. The SMILES string of the molecule is CC(=O)Nc1ccc(C(=O)CSc2nnc(C34CC5CC(CC(C5)C3)C4)o2)cc1. The van der Waals surface area contributed by atoms with Crippen molar-refractivity contribution in [2.45, 2.75) is 56.1 Å². The molecule has 4 bridgehead atoms. The monoisotopic (exact) mass is 411 g/mol. The highest BCUT2D eigenvalue weighted by atomic mass is 32.2. The number of rotatable bonds is 6. The summed E-state index contributed by atoms with van der Waals surface area (Å²) in [5.74, 6) is 3.39. The molecule has 1 aromatic carbocycles. The molecule has 1 aromatic heterocycles. The van der Waals surface area contributed by atoms with E-state index in [1.807, 2.05) is 0 Å². The van der Waals surface area contributed by atoms with Crippen LogP contribution in [0.1, 0.15) is 61.7 Å². The number of nitrogens with one attached hydrogen (secondary N) is 1. The Morgan fingerprint density at radius 3 is 2.28 bits per heavy atom. The van der Waals surface area contributed by atoms with E-state index in [1.165, 1.54) is 57.2 Å². The Morgan fingerprint density at radius 2 is 1.69 bits per heavy atom. The second-order valence-electron chi connectivity index (χ2n) is 9.04. The molecule has 152 valence electrons. The van der Waals surface area contributed by atoms with Crippen molar-refractivity contribution >= 4 is 29.1 Å². The van der Waals surface area contributed by atoms with Gasteiger partial charge in [0.2, 0.25) is 11.8 Å². The number of hydrogen-bond donors (Lipinski definition) is 1. The molecule has 4 fully saturated rings. The third-order valence-corrected chi connectivity index (χ3v) is 7.57. The Bertz CT molecular complexity index is 902. The van der Waals surface area contributed by atoms with Crippen molar-refractivity contribution in [3.63, 3.8) is 0 Å². The molecule has 0 radical (unpaired) electrons. The molecule has 0 unspecified atom stereocenters. The first-order chi connectivity index (χ1) is 14.0. The summed E-state index contributed by atoms with van der Waals surface area (Å²) in [7, 11) is 0. The zero-order valence-electron chi connectivity index (χ0n) is 16.5. The quantitative estimate of drug-likeness (QED) is 0.558. The first-order valence-corrected chi connectivity index (χ1v) is 11.4. The molecule has 29 heavy (non-hydrogen) atoms. The van der Waals surface area contributed by atoms with Crippen LogP contribution in [0.2, 0.25) is 0 Å². The molecule has 2 aromatic rings. The van der Waals surface area contributed by atoms with Crippen LogP contribution in [0.3, 0.4) is 0 Å². The van der Waals surface area contributed by atoms with Gasteiger partial charge in [-0.25, -0.2) is 0 Å². The van der Waals surface area contributed by atoms with Gasteiger partial charge in [-0.3, -0.25) is 9.59 Å². The summed E-state index contributed by atoms with van der Waals surface area (Å²) in [6.07, 6.45) is 7.69. The van der Waals surface area contributed by atoms with Crippen molar-refractivity contribution in [1.29, 1.82) is 0 Å². The summed E-state index contributed by atoms with van der Waals surface area (Å²) >= 11 is 1.30. The van der Waals surface area contributed by atoms with Crippen LogP contribution in [0.15, 0.2) is 33.9 Å². The second-order valence-corrected chi connectivity index (χ2v) is 9.97. The van der Waals surface area contributed by atoms with Crippen LogP contribution in [0.4, 0.5) is 5.69 Å². The van der Waals surface area contributed by atoms with Gasteiger partial charge >= 0.3 is 0 Å².